The van der Waals surface area contributed by atoms with Crippen LogP contribution in [0.25, 0.3) is 0 Å². The zero-order chi connectivity index (χ0) is 20.9. The predicted octanol–water partition coefficient (Wildman–Crippen LogP) is 2.28. The molecule has 7 heteroatoms. The Labute approximate surface area is 176 Å². The van der Waals surface area contributed by atoms with Crippen molar-refractivity contribution >= 4 is 23.5 Å². The van der Waals surface area contributed by atoms with Crippen LogP contribution in [0.1, 0.15) is 24.8 Å². The quantitative estimate of drug-likeness (QED) is 0.721. The highest BCUT2D eigenvalue weighted by atomic mass is 16.2. The summed E-state index contributed by atoms with van der Waals surface area (Å²) in [4.78, 5) is 40.8. The number of carbonyl (C=O) groups is 3. The van der Waals surface area contributed by atoms with Crippen LogP contribution < -0.4 is 15.5 Å². The smallest absolute Gasteiger partial charge is 0.329 e. The molecule has 4 amide bonds. The van der Waals surface area contributed by atoms with E-state index in [0.29, 0.717) is 5.69 Å². The van der Waals surface area contributed by atoms with Crippen LogP contribution in [0.5, 0.6) is 0 Å². The van der Waals surface area contributed by atoms with Crippen molar-refractivity contribution in [2.24, 2.45) is 0 Å². The van der Waals surface area contributed by atoms with Gasteiger partial charge in [-0.1, -0.05) is 48.5 Å². The molecule has 4 rings (SSSR count). The molecule has 1 atom stereocenters. The molecule has 7 nitrogen and oxygen atoms in total. The van der Waals surface area contributed by atoms with Crippen molar-refractivity contribution in [2.45, 2.75) is 37.9 Å². The molecule has 0 aromatic heterocycles. The zero-order valence-corrected chi connectivity index (χ0v) is 16.8. The average Bonchev–Trinajstić information content (AvgIpc) is 3.03. The van der Waals surface area contributed by atoms with Gasteiger partial charge in [-0.3, -0.25) is 14.5 Å². The van der Waals surface area contributed by atoms with Gasteiger partial charge in [0.1, 0.15) is 6.04 Å². The predicted molar refractivity (Wildman–Crippen MR) is 114 cm³/mol. The van der Waals surface area contributed by atoms with Crippen LogP contribution in [0.2, 0.25) is 0 Å². The molecule has 30 heavy (non-hydrogen) atoms. The molecule has 156 valence electrons. The summed E-state index contributed by atoms with van der Waals surface area (Å²) in [5, 5.41) is 5.66. The lowest BCUT2D eigenvalue weighted by molar-refractivity contribution is -0.126. The van der Waals surface area contributed by atoms with Crippen LogP contribution in [-0.2, 0) is 16.1 Å². The summed E-state index contributed by atoms with van der Waals surface area (Å²) < 4.78 is 0. The average molecular weight is 406 g/mol. The molecule has 2 aromatic carbocycles. The van der Waals surface area contributed by atoms with Gasteiger partial charge in [-0.25, -0.2) is 9.69 Å². The lowest BCUT2D eigenvalue weighted by Gasteiger charge is -2.32. The molecule has 2 aromatic rings. The van der Waals surface area contributed by atoms with E-state index in [1.807, 2.05) is 24.3 Å². The highest BCUT2D eigenvalue weighted by Gasteiger charge is 2.40. The molecule has 2 aliphatic rings. The Hall–Kier alpha value is -3.19. The van der Waals surface area contributed by atoms with E-state index in [-0.39, 0.29) is 24.3 Å². The number of imide groups is 1. The number of benzene rings is 2. The van der Waals surface area contributed by atoms with Crippen LogP contribution in [-0.4, -0.2) is 47.9 Å². The number of anilines is 1. The van der Waals surface area contributed by atoms with E-state index in [9.17, 15) is 14.4 Å². The van der Waals surface area contributed by atoms with Gasteiger partial charge in [-0.2, -0.15) is 0 Å². The summed E-state index contributed by atoms with van der Waals surface area (Å²) in [6, 6.07) is 17.9. The Kier molecular flexibility index (Phi) is 6.09. The molecular formula is C23H26N4O3. The van der Waals surface area contributed by atoms with Gasteiger partial charge in [0.15, 0.2) is 0 Å². The minimum Gasteiger partial charge on any atom is -0.353 e. The van der Waals surface area contributed by atoms with Gasteiger partial charge < -0.3 is 10.6 Å². The third-order valence-corrected chi connectivity index (χ3v) is 5.62. The van der Waals surface area contributed by atoms with Gasteiger partial charge in [0, 0.05) is 25.7 Å². The first kappa shape index (κ1) is 20.1. The highest BCUT2D eigenvalue weighted by molar-refractivity contribution is 6.22. The lowest BCUT2D eigenvalue weighted by Crippen LogP contribution is -2.46. The summed E-state index contributed by atoms with van der Waals surface area (Å²) in [6.45, 7) is 2.75. The molecule has 2 aliphatic heterocycles. The third kappa shape index (κ3) is 4.68. The molecular weight excluding hydrogens is 380 g/mol. The number of nitrogens with one attached hydrogen (secondary N) is 2. The molecule has 0 spiro atoms. The van der Waals surface area contributed by atoms with Gasteiger partial charge in [-0.05, 0) is 30.5 Å². The molecule has 0 aliphatic carbocycles. The number of likely N-dealkylation sites (tertiary alicyclic amines) is 1. The number of urea groups is 1. The summed E-state index contributed by atoms with van der Waals surface area (Å²) in [5.41, 5.74) is 1.80. The topological polar surface area (TPSA) is 81.8 Å². The van der Waals surface area contributed by atoms with Crippen molar-refractivity contribution in [3.63, 3.8) is 0 Å². The van der Waals surface area contributed by atoms with Crippen LogP contribution in [0, 0.1) is 0 Å². The number of carbonyl (C=O) groups excluding carboxylic acids is 3. The molecule has 0 saturated carbocycles. The summed E-state index contributed by atoms with van der Waals surface area (Å²) in [6.07, 6.45) is 1.71. The fourth-order valence-electron chi connectivity index (χ4n) is 4.04. The van der Waals surface area contributed by atoms with Crippen molar-refractivity contribution in [3.8, 4) is 0 Å². The van der Waals surface area contributed by atoms with Crippen LogP contribution in [0.4, 0.5) is 10.5 Å². The Morgan fingerprint density at radius 3 is 2.27 bits per heavy atom. The Balaban J connectivity index is 1.24. The van der Waals surface area contributed by atoms with E-state index in [1.54, 1.807) is 24.3 Å². The first-order valence-electron chi connectivity index (χ1n) is 10.4. The maximum atomic E-state index is 12.6. The van der Waals surface area contributed by atoms with E-state index < -0.39 is 12.1 Å². The fraction of sp³-hybridized carbons (Fsp3) is 0.348. The number of rotatable bonds is 6. The number of amides is 4. The van der Waals surface area contributed by atoms with Crippen molar-refractivity contribution in [3.05, 3.63) is 66.2 Å². The molecule has 0 bridgehead atoms. The summed E-state index contributed by atoms with van der Waals surface area (Å²) in [7, 11) is 0. The van der Waals surface area contributed by atoms with Crippen molar-refractivity contribution < 1.29 is 14.4 Å². The standard InChI is InChI=1S/C23H26N4O3/c28-21(15-20-22(29)27(23(30)25-20)19-9-5-2-6-10-19)24-18-11-13-26(14-12-18)16-17-7-3-1-4-8-17/h1-10,18,20H,11-16H2,(H,24,28)(H,25,30)/t20-/m1/s1. The van der Waals surface area contributed by atoms with Crippen molar-refractivity contribution in [1.29, 1.82) is 0 Å². The SMILES string of the molecule is O=C(C[C@H]1NC(=O)N(c2ccccc2)C1=O)NC1CCN(Cc2ccccc2)CC1. The van der Waals surface area contributed by atoms with Crippen molar-refractivity contribution in [1.82, 2.24) is 15.5 Å². The summed E-state index contributed by atoms with van der Waals surface area (Å²) in [5.74, 6) is -0.593. The summed E-state index contributed by atoms with van der Waals surface area (Å²) >= 11 is 0. The minimum absolute atomic E-state index is 0.0435. The maximum absolute atomic E-state index is 12.6. The normalized spacial score (nSPS) is 20.3. The van der Waals surface area contributed by atoms with Crippen LogP contribution in [0.15, 0.2) is 60.7 Å². The van der Waals surface area contributed by atoms with E-state index in [1.165, 1.54) is 5.56 Å². The Morgan fingerprint density at radius 2 is 1.60 bits per heavy atom. The third-order valence-electron chi connectivity index (χ3n) is 5.62. The van der Waals surface area contributed by atoms with E-state index >= 15 is 0 Å². The van der Waals surface area contributed by atoms with Gasteiger partial charge >= 0.3 is 6.03 Å². The zero-order valence-electron chi connectivity index (χ0n) is 16.8. The Morgan fingerprint density at radius 1 is 0.967 bits per heavy atom. The number of hydrogen-bond acceptors (Lipinski definition) is 4. The number of nitrogens with zero attached hydrogens (tertiary/aromatic N) is 2. The minimum atomic E-state index is -0.823. The van der Waals surface area contributed by atoms with Gasteiger partial charge in [0.25, 0.3) is 5.91 Å². The van der Waals surface area contributed by atoms with Gasteiger partial charge in [0.05, 0.1) is 12.1 Å². The second kappa shape index (κ2) is 9.09. The second-order valence-electron chi connectivity index (χ2n) is 7.82. The first-order valence-corrected chi connectivity index (χ1v) is 10.4. The van der Waals surface area contributed by atoms with E-state index in [4.69, 9.17) is 0 Å². The monoisotopic (exact) mass is 406 g/mol. The maximum Gasteiger partial charge on any atom is 0.329 e. The van der Waals surface area contributed by atoms with Gasteiger partial charge in [0.2, 0.25) is 5.91 Å². The molecule has 2 fully saturated rings. The molecule has 2 N–H and O–H groups in total. The molecule has 0 unspecified atom stereocenters. The largest absolute Gasteiger partial charge is 0.353 e. The van der Waals surface area contributed by atoms with Gasteiger partial charge in [-0.15, -0.1) is 0 Å². The molecule has 2 heterocycles. The number of hydrogen-bond donors (Lipinski definition) is 2. The lowest BCUT2D eigenvalue weighted by atomic mass is 10.0. The van der Waals surface area contributed by atoms with Crippen LogP contribution in [0.3, 0.4) is 0 Å². The molecule has 0 radical (unpaired) electrons. The first-order chi connectivity index (χ1) is 14.6. The molecule has 2 saturated heterocycles. The van der Waals surface area contributed by atoms with E-state index in [2.05, 4.69) is 27.7 Å². The number of para-hydroxylation sites is 1. The number of piperidine rings is 1. The second-order valence-corrected chi connectivity index (χ2v) is 7.82. The van der Waals surface area contributed by atoms with Crippen LogP contribution >= 0.6 is 0 Å². The Bertz CT molecular complexity index is 895. The van der Waals surface area contributed by atoms with E-state index in [0.717, 1.165) is 37.4 Å². The van der Waals surface area contributed by atoms with Crippen molar-refractivity contribution in [2.75, 3.05) is 18.0 Å². The fourth-order valence-corrected chi connectivity index (χ4v) is 4.04. The highest BCUT2D eigenvalue weighted by Crippen LogP contribution is 2.20.